The summed E-state index contributed by atoms with van der Waals surface area (Å²) in [4.78, 5) is 15.2. The maximum Gasteiger partial charge on any atom is 0.513 e. The summed E-state index contributed by atoms with van der Waals surface area (Å²) in [6.07, 6.45) is -1.75. The molecule has 0 saturated carbocycles. The molecule has 2 unspecified atom stereocenters. The molecular formula is C10H17BO6. The summed E-state index contributed by atoms with van der Waals surface area (Å²) in [6, 6.07) is 0. The average Bonchev–Trinajstić information content (AvgIpc) is 2.37. The van der Waals surface area contributed by atoms with E-state index in [2.05, 4.69) is 11.5 Å². The lowest BCUT2D eigenvalue weighted by molar-refractivity contribution is -0.334. The van der Waals surface area contributed by atoms with Crippen LogP contribution in [0.1, 0.15) is 27.7 Å². The van der Waals surface area contributed by atoms with Crippen LogP contribution < -0.4 is 0 Å². The van der Waals surface area contributed by atoms with Gasteiger partial charge in [-0.3, -0.25) is 0 Å². The van der Waals surface area contributed by atoms with Crippen LogP contribution in [-0.2, 0) is 19.1 Å². The second-order valence-electron chi connectivity index (χ2n) is 5.08. The zero-order chi connectivity index (χ0) is 13.3. The maximum atomic E-state index is 11.0. The number of rotatable bonds is 4. The summed E-state index contributed by atoms with van der Waals surface area (Å²) in [6.45, 7) is 10.6. The standard InChI is InChI=1S/C10H17BO6/c1-6-10(5,16-8(12)14-6)11-7(17-13)15-9(2,3)4/h7,11,13H,1H2,2-5H3. The van der Waals surface area contributed by atoms with Gasteiger partial charge in [0.25, 0.3) is 7.28 Å². The molecule has 1 rings (SSSR count). The minimum absolute atomic E-state index is 0.0886. The van der Waals surface area contributed by atoms with Crippen molar-refractivity contribution >= 4 is 13.4 Å². The first-order valence-electron chi connectivity index (χ1n) is 5.24. The van der Waals surface area contributed by atoms with Gasteiger partial charge in [0.05, 0.1) is 5.60 Å². The molecule has 0 aromatic heterocycles. The predicted octanol–water partition coefficient (Wildman–Crippen LogP) is 1.41. The summed E-state index contributed by atoms with van der Waals surface area (Å²) < 4.78 is 15.1. The Labute approximate surface area is 101 Å². The Bertz CT molecular complexity index is 323. The van der Waals surface area contributed by atoms with Gasteiger partial charge in [0.15, 0.2) is 6.19 Å². The Balaban J connectivity index is 2.68. The van der Waals surface area contributed by atoms with Gasteiger partial charge in [0, 0.05) is 0 Å². The maximum absolute atomic E-state index is 11.0. The molecule has 0 radical (unpaired) electrons. The average molecular weight is 244 g/mol. The summed E-state index contributed by atoms with van der Waals surface area (Å²) >= 11 is 0. The van der Waals surface area contributed by atoms with Crippen molar-refractivity contribution in [3.63, 3.8) is 0 Å². The van der Waals surface area contributed by atoms with E-state index in [0.29, 0.717) is 0 Å². The van der Waals surface area contributed by atoms with Crippen molar-refractivity contribution in [3.05, 3.63) is 12.3 Å². The number of ether oxygens (including phenoxy) is 3. The van der Waals surface area contributed by atoms with Crippen LogP contribution in [0.2, 0.25) is 0 Å². The van der Waals surface area contributed by atoms with Gasteiger partial charge in [0.1, 0.15) is 11.3 Å². The molecular weight excluding hydrogens is 227 g/mol. The smallest absolute Gasteiger partial charge is 0.429 e. The highest BCUT2D eigenvalue weighted by Gasteiger charge is 2.46. The first-order chi connectivity index (χ1) is 7.66. The first-order valence-corrected chi connectivity index (χ1v) is 5.24. The van der Waals surface area contributed by atoms with Crippen molar-refractivity contribution < 1.29 is 29.1 Å². The molecule has 1 fully saturated rings. The molecule has 0 aliphatic carbocycles. The van der Waals surface area contributed by atoms with Gasteiger partial charge in [-0.1, -0.05) is 6.58 Å². The van der Waals surface area contributed by atoms with Gasteiger partial charge in [-0.15, -0.1) is 0 Å². The summed E-state index contributed by atoms with van der Waals surface area (Å²) in [7, 11) is 0.0886. The molecule has 1 heterocycles. The van der Waals surface area contributed by atoms with Crippen LogP contribution in [0.4, 0.5) is 4.79 Å². The molecule has 96 valence electrons. The van der Waals surface area contributed by atoms with Crippen molar-refractivity contribution in [3.8, 4) is 0 Å². The summed E-state index contributed by atoms with van der Waals surface area (Å²) in [5.41, 5.74) is -1.57. The van der Waals surface area contributed by atoms with E-state index in [4.69, 9.17) is 19.5 Å². The highest BCUT2D eigenvalue weighted by molar-refractivity contribution is 6.42. The third kappa shape index (κ3) is 3.73. The Morgan fingerprint density at radius 2 is 2.12 bits per heavy atom. The van der Waals surface area contributed by atoms with Gasteiger partial charge in [-0.2, -0.15) is 0 Å². The van der Waals surface area contributed by atoms with E-state index < -0.39 is 23.4 Å². The van der Waals surface area contributed by atoms with Crippen LogP contribution in [0.25, 0.3) is 0 Å². The Morgan fingerprint density at radius 3 is 2.47 bits per heavy atom. The first kappa shape index (κ1) is 14.0. The fraction of sp³-hybridized carbons (Fsp3) is 0.700. The Morgan fingerprint density at radius 1 is 1.53 bits per heavy atom. The van der Waals surface area contributed by atoms with Crippen LogP contribution in [0.5, 0.6) is 0 Å². The van der Waals surface area contributed by atoms with E-state index >= 15 is 0 Å². The molecule has 0 spiro atoms. The molecule has 2 atom stereocenters. The predicted molar refractivity (Wildman–Crippen MR) is 60.6 cm³/mol. The van der Waals surface area contributed by atoms with Crippen molar-refractivity contribution in [2.45, 2.75) is 45.0 Å². The van der Waals surface area contributed by atoms with E-state index in [0.717, 1.165) is 0 Å². The molecule has 1 saturated heterocycles. The minimum atomic E-state index is -1.06. The SMILES string of the molecule is C=C1OC(=O)OC1(C)BC(OO)OC(C)(C)C. The number of hydrogen-bond donors (Lipinski definition) is 1. The highest BCUT2D eigenvalue weighted by atomic mass is 17.1. The lowest BCUT2D eigenvalue weighted by atomic mass is 9.59. The van der Waals surface area contributed by atoms with Crippen molar-refractivity contribution in [1.29, 1.82) is 0 Å². The molecule has 17 heavy (non-hydrogen) atoms. The lowest BCUT2D eigenvalue weighted by Gasteiger charge is -2.28. The van der Waals surface area contributed by atoms with Gasteiger partial charge in [-0.25, -0.2) is 14.9 Å². The van der Waals surface area contributed by atoms with Crippen molar-refractivity contribution in [2.24, 2.45) is 0 Å². The number of hydrogen-bond acceptors (Lipinski definition) is 6. The largest absolute Gasteiger partial charge is 0.513 e. The van der Waals surface area contributed by atoms with E-state index in [9.17, 15) is 4.79 Å². The molecule has 6 nitrogen and oxygen atoms in total. The molecule has 0 amide bonds. The lowest BCUT2D eigenvalue weighted by Crippen LogP contribution is -2.45. The van der Waals surface area contributed by atoms with E-state index in [1.165, 1.54) is 0 Å². The van der Waals surface area contributed by atoms with Crippen molar-refractivity contribution in [2.75, 3.05) is 0 Å². The zero-order valence-electron chi connectivity index (χ0n) is 10.5. The van der Waals surface area contributed by atoms with Crippen LogP contribution in [-0.4, -0.2) is 36.0 Å². The van der Waals surface area contributed by atoms with E-state index in [1.807, 2.05) is 20.8 Å². The number of carbonyl (C=O) groups is 1. The molecule has 7 heteroatoms. The van der Waals surface area contributed by atoms with E-state index in [1.54, 1.807) is 6.92 Å². The van der Waals surface area contributed by atoms with Crippen LogP contribution >= 0.6 is 0 Å². The molecule has 0 bridgehead atoms. The minimum Gasteiger partial charge on any atom is -0.429 e. The molecule has 1 N–H and O–H groups in total. The quantitative estimate of drug-likeness (QED) is 0.265. The number of carbonyl (C=O) groups excluding carboxylic acids is 1. The normalized spacial score (nSPS) is 26.4. The summed E-state index contributed by atoms with van der Waals surface area (Å²) in [5, 5.41) is 8.78. The van der Waals surface area contributed by atoms with Gasteiger partial charge >= 0.3 is 6.16 Å². The molecule has 1 aliphatic rings. The van der Waals surface area contributed by atoms with Crippen LogP contribution in [0.15, 0.2) is 12.3 Å². The van der Waals surface area contributed by atoms with Crippen LogP contribution in [0.3, 0.4) is 0 Å². The second-order valence-corrected chi connectivity index (χ2v) is 5.08. The second kappa shape index (κ2) is 4.68. The van der Waals surface area contributed by atoms with Gasteiger partial charge in [0.2, 0.25) is 0 Å². The Kier molecular flexibility index (Phi) is 3.86. The van der Waals surface area contributed by atoms with Gasteiger partial charge in [-0.05, 0) is 27.7 Å². The van der Waals surface area contributed by atoms with Crippen LogP contribution in [0, 0.1) is 0 Å². The van der Waals surface area contributed by atoms with Gasteiger partial charge < -0.3 is 14.2 Å². The molecule has 0 aromatic carbocycles. The Hall–Kier alpha value is -1.05. The fourth-order valence-electron chi connectivity index (χ4n) is 1.44. The summed E-state index contributed by atoms with van der Waals surface area (Å²) in [5.74, 6) is 0.169. The third-order valence-corrected chi connectivity index (χ3v) is 2.26. The highest BCUT2D eigenvalue weighted by Crippen LogP contribution is 2.29. The zero-order valence-corrected chi connectivity index (χ0v) is 10.5. The fourth-order valence-corrected chi connectivity index (χ4v) is 1.44. The van der Waals surface area contributed by atoms with Crippen molar-refractivity contribution in [1.82, 2.24) is 0 Å². The third-order valence-electron chi connectivity index (χ3n) is 2.26. The number of cyclic esters (lactones) is 2. The molecule has 0 aromatic rings. The van der Waals surface area contributed by atoms with E-state index in [-0.39, 0.29) is 13.0 Å². The monoisotopic (exact) mass is 244 g/mol. The molecule has 1 aliphatic heterocycles. The topological polar surface area (TPSA) is 74.2 Å².